The number of carbonyl (C=O) groups excluding carboxylic acids is 3. The Morgan fingerprint density at radius 2 is 2.03 bits per heavy atom. The molecule has 2 aromatic rings. The number of Topliss-reactive ketones (excluding diaryl/α,β-unsaturated/α-hetero) is 1. The van der Waals surface area contributed by atoms with Crippen LogP contribution in [0.3, 0.4) is 0 Å². The molecule has 1 N–H and O–H groups in total. The molecule has 0 saturated carbocycles. The van der Waals surface area contributed by atoms with Crippen LogP contribution in [0.15, 0.2) is 36.5 Å². The highest BCUT2D eigenvalue weighted by molar-refractivity contribution is 6.08. The van der Waals surface area contributed by atoms with Crippen molar-refractivity contribution in [2.75, 3.05) is 38.1 Å². The highest BCUT2D eigenvalue weighted by Crippen LogP contribution is 2.31. The fourth-order valence-corrected chi connectivity index (χ4v) is 4.37. The third-order valence-corrected chi connectivity index (χ3v) is 6.43. The van der Waals surface area contributed by atoms with Crippen LogP contribution < -0.4 is 10.2 Å². The lowest BCUT2D eigenvalue weighted by Gasteiger charge is -2.30. The van der Waals surface area contributed by atoms with Crippen LogP contribution >= 0.6 is 0 Å². The Bertz CT molecular complexity index is 1040. The molecule has 0 radical (unpaired) electrons. The van der Waals surface area contributed by atoms with Gasteiger partial charge in [0, 0.05) is 44.7 Å². The second kappa shape index (κ2) is 9.61. The molecule has 7 heteroatoms. The SMILES string of the molecule is CCc1cccc(-c2cnc3c(c2)N(C(=O)CNCC2CCN(C)C(=O)C2)CCC3=O)c1. The molecule has 32 heavy (non-hydrogen) atoms. The molecule has 1 saturated heterocycles. The summed E-state index contributed by atoms with van der Waals surface area (Å²) < 4.78 is 0. The summed E-state index contributed by atoms with van der Waals surface area (Å²) in [7, 11) is 1.82. The number of anilines is 1. The molecule has 0 aliphatic carbocycles. The number of aryl methyl sites for hydroxylation is 1. The lowest BCUT2D eigenvalue weighted by atomic mass is 9.96. The standard InChI is InChI=1S/C25H30N4O3/c1-3-17-5-4-6-19(11-17)20-13-21-25(27-15-20)22(30)8-10-29(21)24(32)16-26-14-18-7-9-28(2)23(31)12-18/h4-6,11,13,15,18,26H,3,7-10,12,14,16H2,1-2H3. The van der Waals surface area contributed by atoms with Crippen molar-refractivity contribution in [2.45, 2.75) is 32.6 Å². The lowest BCUT2D eigenvalue weighted by molar-refractivity contribution is -0.133. The van der Waals surface area contributed by atoms with Crippen LogP contribution in [-0.4, -0.2) is 60.7 Å². The molecule has 2 amide bonds. The van der Waals surface area contributed by atoms with E-state index >= 15 is 0 Å². The van der Waals surface area contributed by atoms with Gasteiger partial charge in [-0.1, -0.05) is 31.2 Å². The number of carbonyl (C=O) groups is 3. The lowest BCUT2D eigenvalue weighted by Crippen LogP contribution is -2.44. The molecule has 168 valence electrons. The summed E-state index contributed by atoms with van der Waals surface area (Å²) in [4.78, 5) is 45.2. The first-order chi connectivity index (χ1) is 15.5. The number of pyridine rings is 1. The Labute approximate surface area is 188 Å². The maximum absolute atomic E-state index is 13.0. The summed E-state index contributed by atoms with van der Waals surface area (Å²) in [5.74, 6) is 0.291. The van der Waals surface area contributed by atoms with Crippen molar-refractivity contribution >= 4 is 23.3 Å². The predicted octanol–water partition coefficient (Wildman–Crippen LogP) is 2.69. The minimum absolute atomic E-state index is 0.0318. The topological polar surface area (TPSA) is 82.6 Å². The third-order valence-electron chi connectivity index (χ3n) is 6.43. The van der Waals surface area contributed by atoms with E-state index in [1.807, 2.05) is 25.2 Å². The van der Waals surface area contributed by atoms with Crippen molar-refractivity contribution in [3.8, 4) is 11.1 Å². The van der Waals surface area contributed by atoms with Crippen LogP contribution in [-0.2, 0) is 16.0 Å². The Morgan fingerprint density at radius 3 is 2.81 bits per heavy atom. The first kappa shape index (κ1) is 22.1. The average molecular weight is 435 g/mol. The summed E-state index contributed by atoms with van der Waals surface area (Å²) in [6, 6.07) is 10.1. The number of nitrogens with zero attached hydrogens (tertiary/aromatic N) is 3. The molecule has 0 spiro atoms. The molecule has 4 rings (SSSR count). The fraction of sp³-hybridized carbons (Fsp3) is 0.440. The van der Waals surface area contributed by atoms with E-state index in [0.29, 0.717) is 30.9 Å². The van der Waals surface area contributed by atoms with Crippen LogP contribution in [0.1, 0.15) is 42.2 Å². The minimum atomic E-state index is -0.0840. The average Bonchev–Trinajstić information content (AvgIpc) is 2.81. The molecular formula is C25H30N4O3. The largest absolute Gasteiger partial charge is 0.346 e. The van der Waals surface area contributed by atoms with Gasteiger partial charge >= 0.3 is 0 Å². The van der Waals surface area contributed by atoms with Crippen molar-refractivity contribution in [2.24, 2.45) is 5.92 Å². The molecule has 1 aromatic carbocycles. The van der Waals surface area contributed by atoms with Gasteiger partial charge in [-0.3, -0.25) is 19.4 Å². The van der Waals surface area contributed by atoms with Crippen molar-refractivity contribution in [3.05, 3.63) is 47.8 Å². The van der Waals surface area contributed by atoms with Gasteiger partial charge in [0.05, 0.1) is 12.2 Å². The molecule has 2 aliphatic rings. The number of rotatable bonds is 6. The first-order valence-electron chi connectivity index (χ1n) is 11.3. The number of hydrogen-bond donors (Lipinski definition) is 1. The number of nitrogens with one attached hydrogen (secondary N) is 1. The molecule has 1 fully saturated rings. The number of ketones is 1. The van der Waals surface area contributed by atoms with Crippen molar-refractivity contribution in [1.82, 2.24) is 15.2 Å². The van der Waals surface area contributed by atoms with Gasteiger partial charge in [0.25, 0.3) is 0 Å². The van der Waals surface area contributed by atoms with Gasteiger partial charge in [-0.2, -0.15) is 0 Å². The van der Waals surface area contributed by atoms with Gasteiger partial charge in [0.1, 0.15) is 5.69 Å². The molecule has 2 aliphatic heterocycles. The van der Waals surface area contributed by atoms with Crippen molar-refractivity contribution in [1.29, 1.82) is 0 Å². The van der Waals surface area contributed by atoms with Gasteiger partial charge in [-0.15, -0.1) is 0 Å². The zero-order chi connectivity index (χ0) is 22.7. The van der Waals surface area contributed by atoms with Gasteiger partial charge < -0.3 is 15.1 Å². The number of fused-ring (bicyclic) bond motifs is 1. The van der Waals surface area contributed by atoms with Crippen LogP contribution in [0.5, 0.6) is 0 Å². The van der Waals surface area contributed by atoms with E-state index in [9.17, 15) is 14.4 Å². The zero-order valence-corrected chi connectivity index (χ0v) is 18.8. The Morgan fingerprint density at radius 1 is 1.19 bits per heavy atom. The number of amides is 2. The summed E-state index contributed by atoms with van der Waals surface area (Å²) >= 11 is 0. The molecule has 1 atom stereocenters. The molecular weight excluding hydrogens is 404 g/mol. The predicted molar refractivity (Wildman–Crippen MR) is 124 cm³/mol. The zero-order valence-electron chi connectivity index (χ0n) is 18.8. The van der Waals surface area contributed by atoms with Gasteiger partial charge in [-0.05, 0) is 42.5 Å². The quantitative estimate of drug-likeness (QED) is 0.756. The van der Waals surface area contributed by atoms with E-state index in [2.05, 4.69) is 29.4 Å². The monoisotopic (exact) mass is 434 g/mol. The number of aromatic nitrogens is 1. The van der Waals surface area contributed by atoms with E-state index < -0.39 is 0 Å². The number of piperidine rings is 1. The van der Waals surface area contributed by atoms with Gasteiger partial charge in [0.2, 0.25) is 11.8 Å². The van der Waals surface area contributed by atoms with E-state index in [4.69, 9.17) is 0 Å². The van der Waals surface area contributed by atoms with Gasteiger partial charge in [-0.25, -0.2) is 0 Å². The summed E-state index contributed by atoms with van der Waals surface area (Å²) in [6.07, 6.45) is 4.38. The van der Waals surface area contributed by atoms with E-state index in [1.54, 1.807) is 16.0 Å². The van der Waals surface area contributed by atoms with Crippen LogP contribution in [0.25, 0.3) is 11.1 Å². The molecule has 0 bridgehead atoms. The number of benzene rings is 1. The van der Waals surface area contributed by atoms with E-state index in [-0.39, 0.29) is 36.5 Å². The summed E-state index contributed by atoms with van der Waals surface area (Å²) in [5.41, 5.74) is 4.09. The Hall–Kier alpha value is -3.06. The van der Waals surface area contributed by atoms with Crippen molar-refractivity contribution < 1.29 is 14.4 Å². The number of hydrogen-bond acceptors (Lipinski definition) is 5. The Kier molecular flexibility index (Phi) is 6.65. The molecule has 7 nitrogen and oxygen atoms in total. The number of likely N-dealkylation sites (tertiary alicyclic amines) is 1. The molecule has 3 heterocycles. The third kappa shape index (κ3) is 4.72. The molecule has 1 unspecified atom stereocenters. The Balaban J connectivity index is 1.47. The summed E-state index contributed by atoms with van der Waals surface area (Å²) in [5, 5.41) is 3.22. The van der Waals surface area contributed by atoms with Gasteiger partial charge in [0.15, 0.2) is 5.78 Å². The second-order valence-corrected chi connectivity index (χ2v) is 8.67. The van der Waals surface area contributed by atoms with Crippen LogP contribution in [0.2, 0.25) is 0 Å². The van der Waals surface area contributed by atoms with E-state index in [0.717, 1.165) is 30.5 Å². The summed E-state index contributed by atoms with van der Waals surface area (Å²) in [6.45, 7) is 4.03. The van der Waals surface area contributed by atoms with E-state index in [1.165, 1.54) is 5.56 Å². The van der Waals surface area contributed by atoms with Crippen LogP contribution in [0, 0.1) is 5.92 Å². The molecule has 1 aromatic heterocycles. The highest BCUT2D eigenvalue weighted by Gasteiger charge is 2.29. The first-order valence-corrected chi connectivity index (χ1v) is 11.3. The maximum atomic E-state index is 13.0. The second-order valence-electron chi connectivity index (χ2n) is 8.67. The highest BCUT2D eigenvalue weighted by atomic mass is 16.2. The normalized spacial score (nSPS) is 18.6. The van der Waals surface area contributed by atoms with Crippen molar-refractivity contribution in [3.63, 3.8) is 0 Å². The fourth-order valence-electron chi connectivity index (χ4n) is 4.37. The van der Waals surface area contributed by atoms with Crippen LogP contribution in [0.4, 0.5) is 5.69 Å². The smallest absolute Gasteiger partial charge is 0.241 e. The maximum Gasteiger partial charge on any atom is 0.241 e. The minimum Gasteiger partial charge on any atom is -0.346 e.